The third kappa shape index (κ3) is 3.33. The van der Waals surface area contributed by atoms with Crippen molar-refractivity contribution in [3.8, 4) is 6.07 Å². The van der Waals surface area contributed by atoms with Gasteiger partial charge in [0.2, 0.25) is 0 Å². The van der Waals surface area contributed by atoms with Gasteiger partial charge in [0.1, 0.15) is 5.82 Å². The fraction of sp³-hybridized carbons (Fsp3) is 0.0667. The van der Waals surface area contributed by atoms with Crippen LogP contribution in [0.5, 0.6) is 0 Å². The first kappa shape index (κ1) is 13.6. The Bertz CT molecular complexity index is 692. The van der Waals surface area contributed by atoms with E-state index in [9.17, 15) is 9.18 Å². The van der Waals surface area contributed by atoms with Gasteiger partial charge in [-0.2, -0.15) is 5.26 Å². The molecule has 0 heterocycles. The lowest BCUT2D eigenvalue weighted by atomic mass is 10.2. The Hall–Kier alpha value is -2.87. The Morgan fingerprint density at radius 1 is 1.20 bits per heavy atom. The van der Waals surface area contributed by atoms with Crippen LogP contribution in [0.4, 0.5) is 20.6 Å². The molecule has 0 unspecified atom stereocenters. The lowest BCUT2D eigenvalue weighted by Crippen LogP contribution is -2.20. The molecule has 0 aliphatic heterocycles. The van der Waals surface area contributed by atoms with Gasteiger partial charge in [0.15, 0.2) is 0 Å². The highest BCUT2D eigenvalue weighted by molar-refractivity contribution is 6.00. The first-order chi connectivity index (χ1) is 9.58. The number of benzene rings is 2. The average molecular weight is 269 g/mol. The highest BCUT2D eigenvalue weighted by atomic mass is 19.1. The second-order valence-electron chi connectivity index (χ2n) is 4.23. The Morgan fingerprint density at radius 2 is 2.00 bits per heavy atom. The van der Waals surface area contributed by atoms with Crippen LogP contribution in [0, 0.1) is 24.1 Å². The van der Waals surface area contributed by atoms with Crippen LogP contribution in [0.3, 0.4) is 0 Å². The quantitative estimate of drug-likeness (QED) is 0.874. The molecule has 0 aromatic heterocycles. The Balaban J connectivity index is 2.07. The zero-order valence-corrected chi connectivity index (χ0v) is 10.8. The molecule has 100 valence electrons. The maximum atomic E-state index is 13.0. The summed E-state index contributed by atoms with van der Waals surface area (Å²) in [6.45, 7) is 1.70. The van der Waals surface area contributed by atoms with E-state index in [1.165, 1.54) is 18.2 Å². The van der Waals surface area contributed by atoms with Crippen LogP contribution in [0.2, 0.25) is 0 Å². The molecule has 0 saturated heterocycles. The van der Waals surface area contributed by atoms with Crippen molar-refractivity contribution in [3.63, 3.8) is 0 Å². The zero-order chi connectivity index (χ0) is 14.5. The number of halogens is 1. The summed E-state index contributed by atoms with van der Waals surface area (Å²) in [4.78, 5) is 11.8. The van der Waals surface area contributed by atoms with Crippen LogP contribution < -0.4 is 10.6 Å². The molecule has 2 N–H and O–H groups in total. The molecule has 0 aliphatic rings. The first-order valence-electron chi connectivity index (χ1n) is 5.93. The minimum atomic E-state index is -0.449. The van der Waals surface area contributed by atoms with Crippen molar-refractivity contribution in [2.24, 2.45) is 0 Å². The minimum absolute atomic E-state index is 0.352. The summed E-state index contributed by atoms with van der Waals surface area (Å²) in [5, 5.41) is 14.0. The number of nitriles is 1. The van der Waals surface area contributed by atoms with E-state index in [4.69, 9.17) is 5.26 Å². The largest absolute Gasteiger partial charge is 0.323 e. The van der Waals surface area contributed by atoms with E-state index >= 15 is 0 Å². The fourth-order valence-corrected chi connectivity index (χ4v) is 1.72. The summed E-state index contributed by atoms with van der Waals surface area (Å²) in [7, 11) is 0. The number of hydrogen-bond acceptors (Lipinski definition) is 2. The van der Waals surface area contributed by atoms with E-state index in [1.54, 1.807) is 31.2 Å². The van der Waals surface area contributed by atoms with Gasteiger partial charge in [0, 0.05) is 11.4 Å². The Kier molecular flexibility index (Phi) is 3.96. The normalized spacial score (nSPS) is 9.65. The van der Waals surface area contributed by atoms with E-state index in [1.807, 2.05) is 6.07 Å². The second kappa shape index (κ2) is 5.85. The number of aryl methyl sites for hydroxylation is 1. The molecule has 20 heavy (non-hydrogen) atoms. The molecule has 2 rings (SSSR count). The number of amides is 2. The third-order valence-electron chi connectivity index (χ3n) is 2.69. The van der Waals surface area contributed by atoms with Crippen LogP contribution in [0.15, 0.2) is 42.5 Å². The van der Waals surface area contributed by atoms with Crippen molar-refractivity contribution in [2.75, 3.05) is 10.6 Å². The molecule has 0 fully saturated rings. The van der Waals surface area contributed by atoms with Crippen LogP contribution in [-0.2, 0) is 0 Å². The molecule has 2 aromatic carbocycles. The topological polar surface area (TPSA) is 64.9 Å². The van der Waals surface area contributed by atoms with Crippen LogP contribution in [0.25, 0.3) is 0 Å². The third-order valence-corrected chi connectivity index (χ3v) is 2.69. The van der Waals surface area contributed by atoms with Crippen LogP contribution in [-0.4, -0.2) is 6.03 Å². The van der Waals surface area contributed by atoms with Gasteiger partial charge in [-0.05, 0) is 48.9 Å². The van der Waals surface area contributed by atoms with Gasteiger partial charge in [0.05, 0.1) is 11.6 Å². The van der Waals surface area contributed by atoms with Gasteiger partial charge in [-0.1, -0.05) is 6.07 Å². The first-order valence-corrected chi connectivity index (χ1v) is 5.93. The standard InChI is InChI=1S/C15H12FN3O/c1-10-7-12(16)5-6-14(10)19-15(20)18-13-4-2-3-11(8-13)9-17/h2-8H,1H3,(H2,18,19,20). The molecule has 0 atom stereocenters. The summed E-state index contributed by atoms with van der Waals surface area (Å²) in [5.41, 5.74) is 2.13. The predicted molar refractivity (Wildman–Crippen MR) is 74.9 cm³/mol. The molecule has 0 radical (unpaired) electrons. The number of carbonyl (C=O) groups is 1. The number of nitrogens with zero attached hydrogens (tertiary/aromatic N) is 1. The number of nitrogens with one attached hydrogen (secondary N) is 2. The number of anilines is 2. The van der Waals surface area contributed by atoms with Crippen molar-refractivity contribution < 1.29 is 9.18 Å². The summed E-state index contributed by atoms with van der Waals surface area (Å²) in [6.07, 6.45) is 0. The molecule has 2 aromatic rings. The molecule has 2 amide bonds. The fourth-order valence-electron chi connectivity index (χ4n) is 1.72. The second-order valence-corrected chi connectivity index (χ2v) is 4.23. The average Bonchev–Trinajstić information content (AvgIpc) is 2.42. The van der Waals surface area contributed by atoms with E-state index in [0.29, 0.717) is 22.5 Å². The Morgan fingerprint density at radius 3 is 2.70 bits per heavy atom. The molecule has 0 saturated carbocycles. The van der Waals surface area contributed by atoms with Gasteiger partial charge < -0.3 is 10.6 Å². The SMILES string of the molecule is Cc1cc(F)ccc1NC(=O)Nc1cccc(C#N)c1. The van der Waals surface area contributed by atoms with Crippen molar-refractivity contribution in [3.05, 3.63) is 59.4 Å². The van der Waals surface area contributed by atoms with E-state index < -0.39 is 6.03 Å². The van der Waals surface area contributed by atoms with Crippen molar-refractivity contribution in [1.82, 2.24) is 0 Å². The molecule has 5 heteroatoms. The molecular formula is C15H12FN3O. The van der Waals surface area contributed by atoms with Gasteiger partial charge in [-0.25, -0.2) is 9.18 Å². The van der Waals surface area contributed by atoms with E-state index in [0.717, 1.165) is 0 Å². The maximum absolute atomic E-state index is 13.0. The van der Waals surface area contributed by atoms with Gasteiger partial charge in [-0.15, -0.1) is 0 Å². The molecule has 0 bridgehead atoms. The zero-order valence-electron chi connectivity index (χ0n) is 10.8. The van der Waals surface area contributed by atoms with Gasteiger partial charge >= 0.3 is 6.03 Å². The van der Waals surface area contributed by atoms with Crippen molar-refractivity contribution in [2.45, 2.75) is 6.92 Å². The molecular weight excluding hydrogens is 257 g/mol. The lowest BCUT2D eigenvalue weighted by molar-refractivity contribution is 0.262. The maximum Gasteiger partial charge on any atom is 0.323 e. The minimum Gasteiger partial charge on any atom is -0.308 e. The summed E-state index contributed by atoms with van der Waals surface area (Å²) in [5.74, 6) is -0.352. The van der Waals surface area contributed by atoms with Crippen LogP contribution in [0.1, 0.15) is 11.1 Å². The summed E-state index contributed by atoms with van der Waals surface area (Å²) < 4.78 is 13.0. The van der Waals surface area contributed by atoms with Crippen LogP contribution >= 0.6 is 0 Å². The highest BCUT2D eigenvalue weighted by Gasteiger charge is 2.06. The number of hydrogen-bond donors (Lipinski definition) is 2. The van der Waals surface area contributed by atoms with Crippen molar-refractivity contribution in [1.29, 1.82) is 5.26 Å². The van der Waals surface area contributed by atoms with E-state index in [-0.39, 0.29) is 5.82 Å². The molecule has 4 nitrogen and oxygen atoms in total. The monoisotopic (exact) mass is 269 g/mol. The van der Waals surface area contributed by atoms with E-state index in [2.05, 4.69) is 10.6 Å². The van der Waals surface area contributed by atoms with Crippen molar-refractivity contribution >= 4 is 17.4 Å². The number of rotatable bonds is 2. The lowest BCUT2D eigenvalue weighted by Gasteiger charge is -2.10. The predicted octanol–water partition coefficient (Wildman–Crippen LogP) is 3.65. The molecule has 0 spiro atoms. The smallest absolute Gasteiger partial charge is 0.308 e. The van der Waals surface area contributed by atoms with Gasteiger partial charge in [-0.3, -0.25) is 0 Å². The highest BCUT2D eigenvalue weighted by Crippen LogP contribution is 2.16. The Labute approximate surface area is 115 Å². The summed E-state index contributed by atoms with van der Waals surface area (Å²) in [6, 6.07) is 12.2. The summed E-state index contributed by atoms with van der Waals surface area (Å²) >= 11 is 0. The number of urea groups is 1. The number of carbonyl (C=O) groups excluding carboxylic acids is 1. The van der Waals surface area contributed by atoms with Gasteiger partial charge in [0.25, 0.3) is 0 Å². The molecule has 0 aliphatic carbocycles.